The second-order valence-electron chi connectivity index (χ2n) is 7.23. The lowest BCUT2D eigenvalue weighted by molar-refractivity contribution is -0.384. The molecular weight excluding hydrogens is 423 g/mol. The number of carbonyl (C=O) groups is 2. The van der Waals surface area contributed by atoms with Crippen molar-refractivity contribution in [3.63, 3.8) is 0 Å². The van der Waals surface area contributed by atoms with Gasteiger partial charge in [0.2, 0.25) is 5.91 Å². The minimum Gasteiger partial charge on any atom is -0.342 e. The van der Waals surface area contributed by atoms with Gasteiger partial charge in [0.1, 0.15) is 5.82 Å². The number of nitro groups is 1. The van der Waals surface area contributed by atoms with Gasteiger partial charge < -0.3 is 15.5 Å². The molecule has 0 bridgehead atoms. The Morgan fingerprint density at radius 2 is 2.00 bits per heavy atom. The molecule has 1 aliphatic heterocycles. The number of anilines is 1. The summed E-state index contributed by atoms with van der Waals surface area (Å²) in [6.45, 7) is 1.64. The summed E-state index contributed by atoms with van der Waals surface area (Å²) in [6.07, 6.45) is 1.76. The fraction of sp³-hybridized carbons (Fsp3) is 0.333. The molecule has 1 heterocycles. The van der Waals surface area contributed by atoms with E-state index in [-0.39, 0.29) is 23.3 Å². The van der Waals surface area contributed by atoms with Crippen molar-refractivity contribution in [1.82, 2.24) is 10.2 Å². The summed E-state index contributed by atoms with van der Waals surface area (Å²) in [4.78, 5) is 37.4. The summed E-state index contributed by atoms with van der Waals surface area (Å²) in [5.74, 6) is -0.0405. The first-order chi connectivity index (χ1) is 14.9. The van der Waals surface area contributed by atoms with E-state index in [1.54, 1.807) is 23.1 Å². The van der Waals surface area contributed by atoms with E-state index < -0.39 is 16.8 Å². The third-order valence-corrected chi connectivity index (χ3v) is 5.91. The van der Waals surface area contributed by atoms with Gasteiger partial charge in [-0.2, -0.15) is 0 Å². The Morgan fingerprint density at radius 1 is 1.23 bits per heavy atom. The second-order valence-corrected chi connectivity index (χ2v) is 8.28. The zero-order valence-corrected chi connectivity index (χ0v) is 17.6. The van der Waals surface area contributed by atoms with E-state index >= 15 is 0 Å². The van der Waals surface area contributed by atoms with Crippen LogP contribution in [0.5, 0.6) is 0 Å². The molecule has 2 N–H and O–H groups in total. The Labute approximate surface area is 183 Å². The van der Waals surface area contributed by atoms with E-state index in [9.17, 15) is 24.1 Å². The van der Waals surface area contributed by atoms with Crippen LogP contribution in [0.3, 0.4) is 0 Å². The maximum atomic E-state index is 13.2. The third kappa shape index (κ3) is 6.95. The number of thioether (sulfide) groups is 1. The first-order valence-electron chi connectivity index (χ1n) is 9.86. The smallest absolute Gasteiger partial charge is 0.319 e. The molecule has 0 spiro atoms. The van der Waals surface area contributed by atoms with Gasteiger partial charge >= 0.3 is 6.03 Å². The monoisotopic (exact) mass is 446 g/mol. The van der Waals surface area contributed by atoms with Gasteiger partial charge in [0.05, 0.1) is 10.7 Å². The number of hydrogen-bond acceptors (Lipinski definition) is 5. The Balaban J connectivity index is 1.42. The van der Waals surface area contributed by atoms with Gasteiger partial charge in [-0.25, -0.2) is 9.18 Å². The largest absolute Gasteiger partial charge is 0.342 e. The van der Waals surface area contributed by atoms with Crippen molar-refractivity contribution in [1.29, 1.82) is 0 Å². The number of carbonyl (C=O) groups excluding carboxylic acids is 2. The topological polar surface area (TPSA) is 105 Å². The highest BCUT2D eigenvalue weighted by Crippen LogP contribution is 2.23. The van der Waals surface area contributed by atoms with Crippen LogP contribution in [-0.4, -0.2) is 47.1 Å². The van der Waals surface area contributed by atoms with Gasteiger partial charge in [0.15, 0.2) is 0 Å². The van der Waals surface area contributed by atoms with Crippen molar-refractivity contribution >= 4 is 35.1 Å². The fourth-order valence-corrected chi connectivity index (χ4v) is 4.14. The van der Waals surface area contributed by atoms with Gasteiger partial charge in [-0.15, -0.1) is 11.8 Å². The van der Waals surface area contributed by atoms with E-state index in [2.05, 4.69) is 10.6 Å². The third-order valence-electron chi connectivity index (χ3n) is 4.92. The number of nitrogens with zero attached hydrogens (tertiary/aromatic N) is 2. The van der Waals surface area contributed by atoms with Crippen molar-refractivity contribution in [3.05, 3.63) is 64.5 Å². The van der Waals surface area contributed by atoms with Crippen molar-refractivity contribution < 1.29 is 18.9 Å². The summed E-state index contributed by atoms with van der Waals surface area (Å²) in [6, 6.07) is 11.4. The molecule has 31 heavy (non-hydrogen) atoms. The summed E-state index contributed by atoms with van der Waals surface area (Å²) in [7, 11) is 0. The van der Waals surface area contributed by atoms with Crippen LogP contribution in [0.1, 0.15) is 12.8 Å². The highest BCUT2D eigenvalue weighted by Gasteiger charge is 2.24. The molecule has 1 unspecified atom stereocenters. The average molecular weight is 447 g/mol. The maximum Gasteiger partial charge on any atom is 0.319 e. The Kier molecular flexibility index (Phi) is 7.82. The van der Waals surface area contributed by atoms with Crippen molar-refractivity contribution in [2.45, 2.75) is 17.7 Å². The number of rotatable bonds is 7. The summed E-state index contributed by atoms with van der Waals surface area (Å²) >= 11 is 1.34. The van der Waals surface area contributed by atoms with Crippen LogP contribution < -0.4 is 10.6 Å². The van der Waals surface area contributed by atoms with Crippen LogP contribution in [0.25, 0.3) is 0 Å². The van der Waals surface area contributed by atoms with Crippen LogP contribution in [0.15, 0.2) is 53.4 Å². The average Bonchev–Trinajstić information content (AvgIpc) is 2.76. The minimum atomic E-state index is -0.458. The molecule has 0 aromatic heterocycles. The van der Waals surface area contributed by atoms with E-state index in [1.807, 2.05) is 0 Å². The van der Waals surface area contributed by atoms with Crippen LogP contribution in [0.2, 0.25) is 0 Å². The molecule has 10 heteroatoms. The molecule has 0 aliphatic carbocycles. The summed E-state index contributed by atoms with van der Waals surface area (Å²) < 4.78 is 13.2. The molecule has 3 rings (SSSR count). The van der Waals surface area contributed by atoms with E-state index in [0.29, 0.717) is 25.3 Å². The summed E-state index contributed by atoms with van der Waals surface area (Å²) in [5, 5.41) is 16.1. The maximum absolute atomic E-state index is 13.2. The number of urea groups is 1. The second kappa shape index (κ2) is 10.8. The predicted molar refractivity (Wildman–Crippen MR) is 117 cm³/mol. The Bertz CT molecular complexity index is 941. The number of likely N-dealkylation sites (tertiary alicyclic amines) is 1. The van der Waals surface area contributed by atoms with E-state index in [4.69, 9.17) is 0 Å². The zero-order chi connectivity index (χ0) is 22.2. The van der Waals surface area contributed by atoms with Gasteiger partial charge in [-0.05, 0) is 49.1 Å². The number of halogens is 1. The number of hydrogen-bond donors (Lipinski definition) is 2. The van der Waals surface area contributed by atoms with Gasteiger partial charge in [0, 0.05) is 42.3 Å². The minimum absolute atomic E-state index is 0.00253. The molecule has 2 aromatic rings. The molecule has 1 saturated heterocycles. The first-order valence-corrected chi connectivity index (χ1v) is 10.8. The van der Waals surface area contributed by atoms with Crippen LogP contribution in [0, 0.1) is 21.8 Å². The zero-order valence-electron chi connectivity index (χ0n) is 16.8. The molecule has 0 radical (unpaired) electrons. The highest BCUT2D eigenvalue weighted by atomic mass is 32.2. The molecule has 1 atom stereocenters. The number of nitrogens with one attached hydrogen (secondary N) is 2. The Morgan fingerprint density at radius 3 is 2.71 bits per heavy atom. The predicted octanol–water partition coefficient (Wildman–Crippen LogP) is 3.89. The molecule has 3 amide bonds. The van der Waals surface area contributed by atoms with Crippen LogP contribution in [0.4, 0.5) is 20.6 Å². The number of piperidine rings is 1. The number of amides is 3. The van der Waals surface area contributed by atoms with E-state index in [0.717, 1.165) is 17.7 Å². The molecular formula is C21H23FN4O4S. The molecule has 164 valence electrons. The van der Waals surface area contributed by atoms with Gasteiger partial charge in [-0.1, -0.05) is 6.07 Å². The SMILES string of the molecule is O=C(NCC1CCCN(C(=O)CSc2ccc([N+](=O)[O-])cc2)C1)Nc1cccc(F)c1. The fourth-order valence-electron chi connectivity index (χ4n) is 3.34. The Hall–Kier alpha value is -3.14. The molecule has 1 fully saturated rings. The quantitative estimate of drug-likeness (QED) is 0.381. The van der Waals surface area contributed by atoms with Gasteiger partial charge in [-0.3, -0.25) is 14.9 Å². The molecule has 0 saturated carbocycles. The highest BCUT2D eigenvalue weighted by molar-refractivity contribution is 8.00. The molecule has 1 aliphatic rings. The van der Waals surface area contributed by atoms with Crippen LogP contribution >= 0.6 is 11.8 Å². The van der Waals surface area contributed by atoms with Crippen molar-refractivity contribution in [3.8, 4) is 0 Å². The van der Waals surface area contributed by atoms with Crippen molar-refractivity contribution in [2.75, 3.05) is 30.7 Å². The number of benzene rings is 2. The number of non-ortho nitro benzene ring substituents is 1. The lowest BCUT2D eigenvalue weighted by Gasteiger charge is -2.33. The van der Waals surface area contributed by atoms with Crippen LogP contribution in [-0.2, 0) is 4.79 Å². The normalized spacial score (nSPS) is 15.9. The standard InChI is InChI=1S/C21H23FN4O4S/c22-16-4-1-5-17(11-16)24-21(28)23-12-15-3-2-10-25(13-15)20(27)14-31-19-8-6-18(7-9-19)26(29)30/h1,4-9,11,15H,2-3,10,12-14H2,(H2,23,24,28). The lowest BCUT2D eigenvalue weighted by atomic mass is 9.98. The van der Waals surface area contributed by atoms with Crippen molar-refractivity contribution in [2.24, 2.45) is 5.92 Å². The lowest BCUT2D eigenvalue weighted by Crippen LogP contribution is -2.44. The number of nitro benzene ring substituents is 1. The van der Waals surface area contributed by atoms with Gasteiger partial charge in [0.25, 0.3) is 5.69 Å². The van der Waals surface area contributed by atoms with E-state index in [1.165, 1.54) is 42.1 Å². The first kappa shape index (κ1) is 22.5. The molecule has 2 aromatic carbocycles. The molecule has 8 nitrogen and oxygen atoms in total. The summed E-state index contributed by atoms with van der Waals surface area (Å²) in [5.41, 5.74) is 0.393.